The van der Waals surface area contributed by atoms with E-state index in [1.165, 1.54) is 12.8 Å². The van der Waals surface area contributed by atoms with E-state index in [0.29, 0.717) is 15.2 Å². The zero-order valence-corrected chi connectivity index (χ0v) is 15.6. The average Bonchev–Trinajstić information content (AvgIpc) is 2.45. The van der Waals surface area contributed by atoms with Crippen LogP contribution in [0, 0.1) is 13.8 Å². The fourth-order valence-corrected chi connectivity index (χ4v) is 2.63. The predicted molar refractivity (Wildman–Crippen MR) is 104 cm³/mol. The number of hydrogen-bond acceptors (Lipinski definition) is 2. The second kappa shape index (κ2) is 9.82. The van der Waals surface area contributed by atoms with Crippen molar-refractivity contribution in [2.45, 2.75) is 40.0 Å². The molecule has 1 rings (SSSR count). The van der Waals surface area contributed by atoms with Crippen molar-refractivity contribution < 1.29 is 0 Å². The van der Waals surface area contributed by atoms with Crippen LogP contribution in [0.5, 0.6) is 0 Å². The van der Waals surface area contributed by atoms with Gasteiger partial charge in [0, 0.05) is 6.54 Å². The summed E-state index contributed by atoms with van der Waals surface area (Å²) < 4.78 is 0. The van der Waals surface area contributed by atoms with Crippen molar-refractivity contribution in [3.05, 3.63) is 28.3 Å². The lowest BCUT2D eigenvalue weighted by Gasteiger charge is -2.16. The number of aryl methyl sites for hydroxylation is 2. The first-order chi connectivity index (χ1) is 10.4. The van der Waals surface area contributed by atoms with E-state index in [1.54, 1.807) is 0 Å². The van der Waals surface area contributed by atoms with E-state index in [-0.39, 0.29) is 0 Å². The van der Waals surface area contributed by atoms with Gasteiger partial charge in [0.05, 0.1) is 10.7 Å². The van der Waals surface area contributed by atoms with Crippen LogP contribution in [-0.2, 0) is 0 Å². The summed E-state index contributed by atoms with van der Waals surface area (Å²) in [6.07, 6.45) is 3.47. The topological polar surface area (TPSA) is 48.1 Å². The lowest BCUT2D eigenvalue weighted by Crippen LogP contribution is -2.48. The van der Waals surface area contributed by atoms with Gasteiger partial charge in [-0.05, 0) is 61.9 Å². The van der Waals surface area contributed by atoms with Crippen molar-refractivity contribution >= 4 is 51.9 Å². The van der Waals surface area contributed by atoms with E-state index in [9.17, 15) is 0 Å². The zero-order valence-electron chi connectivity index (χ0n) is 13.2. The summed E-state index contributed by atoms with van der Waals surface area (Å²) in [5.41, 5.74) is 8.65. The van der Waals surface area contributed by atoms with Gasteiger partial charge in [0.25, 0.3) is 0 Å². The van der Waals surface area contributed by atoms with E-state index in [4.69, 9.17) is 36.0 Å². The number of hydrazine groups is 1. The molecule has 0 aliphatic heterocycles. The maximum atomic E-state index is 6.23. The highest BCUT2D eigenvalue weighted by Gasteiger charge is 2.07. The summed E-state index contributed by atoms with van der Waals surface area (Å²) in [5.74, 6) is 0. The van der Waals surface area contributed by atoms with Crippen LogP contribution in [0.15, 0.2) is 12.1 Å². The Balaban J connectivity index is 2.39. The van der Waals surface area contributed by atoms with Crippen LogP contribution in [0.4, 0.5) is 5.69 Å². The molecule has 0 amide bonds. The zero-order chi connectivity index (χ0) is 16.5. The molecule has 0 aromatic heterocycles. The first kappa shape index (κ1) is 18.9. The third-order valence-electron chi connectivity index (χ3n) is 3.03. The molecule has 0 radical (unpaired) electrons. The Morgan fingerprint density at radius 3 is 2.41 bits per heavy atom. The summed E-state index contributed by atoms with van der Waals surface area (Å²) >= 11 is 16.6. The Morgan fingerprint density at radius 1 is 1.09 bits per heavy atom. The van der Waals surface area contributed by atoms with Gasteiger partial charge in [0.1, 0.15) is 0 Å². The molecule has 0 fully saturated rings. The van der Waals surface area contributed by atoms with E-state index in [1.807, 2.05) is 26.0 Å². The molecule has 0 bridgehead atoms. The van der Waals surface area contributed by atoms with Crippen LogP contribution in [0.3, 0.4) is 0 Å². The monoisotopic (exact) mass is 358 g/mol. The minimum absolute atomic E-state index is 0.409. The number of halogens is 1. The highest BCUT2D eigenvalue weighted by Crippen LogP contribution is 2.27. The molecule has 0 saturated heterocycles. The summed E-state index contributed by atoms with van der Waals surface area (Å²) in [7, 11) is 0. The van der Waals surface area contributed by atoms with Gasteiger partial charge in [-0.25, -0.2) is 0 Å². The molecule has 0 saturated carbocycles. The number of benzene rings is 1. The maximum absolute atomic E-state index is 6.23. The van der Waals surface area contributed by atoms with Crippen molar-refractivity contribution in [3.63, 3.8) is 0 Å². The second-order valence-corrected chi connectivity index (χ2v) is 6.33. The summed E-state index contributed by atoms with van der Waals surface area (Å²) in [6, 6.07) is 3.94. The Bertz CT molecular complexity index is 511. The number of hydrogen-bond donors (Lipinski definition) is 4. The lowest BCUT2D eigenvalue weighted by molar-refractivity contribution is 0.685. The second-order valence-electron chi connectivity index (χ2n) is 5.11. The van der Waals surface area contributed by atoms with Crippen molar-refractivity contribution in [3.8, 4) is 0 Å². The van der Waals surface area contributed by atoms with Crippen LogP contribution in [0.2, 0.25) is 5.02 Å². The van der Waals surface area contributed by atoms with E-state index in [0.717, 1.165) is 29.8 Å². The Morgan fingerprint density at radius 2 is 1.77 bits per heavy atom. The molecule has 122 valence electrons. The van der Waals surface area contributed by atoms with Gasteiger partial charge in [-0.2, -0.15) is 0 Å². The van der Waals surface area contributed by atoms with Gasteiger partial charge in [-0.1, -0.05) is 37.4 Å². The Labute approximate surface area is 148 Å². The van der Waals surface area contributed by atoms with Crippen molar-refractivity contribution in [2.24, 2.45) is 0 Å². The molecule has 4 nitrogen and oxygen atoms in total. The highest BCUT2D eigenvalue weighted by atomic mass is 35.5. The van der Waals surface area contributed by atoms with E-state index in [2.05, 4.69) is 28.4 Å². The SMILES string of the molecule is CCCCCNC(=S)NNC(=S)Nc1c(C)cc(C)cc1Cl. The van der Waals surface area contributed by atoms with Crippen LogP contribution in [0.25, 0.3) is 0 Å². The average molecular weight is 359 g/mol. The molecular weight excluding hydrogens is 336 g/mol. The third-order valence-corrected chi connectivity index (χ3v) is 3.77. The van der Waals surface area contributed by atoms with Gasteiger partial charge < -0.3 is 10.6 Å². The molecule has 7 heteroatoms. The van der Waals surface area contributed by atoms with Crippen molar-refractivity contribution in [2.75, 3.05) is 11.9 Å². The van der Waals surface area contributed by atoms with E-state index < -0.39 is 0 Å². The maximum Gasteiger partial charge on any atom is 0.189 e. The number of anilines is 1. The highest BCUT2D eigenvalue weighted by molar-refractivity contribution is 7.80. The molecular formula is C15H23ClN4S2. The Hall–Kier alpha value is -1.11. The van der Waals surface area contributed by atoms with Crippen LogP contribution >= 0.6 is 36.0 Å². The Kier molecular flexibility index (Phi) is 8.45. The molecule has 1 aromatic carbocycles. The van der Waals surface area contributed by atoms with Crippen LogP contribution in [0.1, 0.15) is 37.3 Å². The normalized spacial score (nSPS) is 10.0. The van der Waals surface area contributed by atoms with Gasteiger partial charge in [0.15, 0.2) is 10.2 Å². The molecule has 4 N–H and O–H groups in total. The number of nitrogens with one attached hydrogen (secondary N) is 4. The predicted octanol–water partition coefficient (Wildman–Crippen LogP) is 3.81. The fourth-order valence-electron chi connectivity index (χ4n) is 1.95. The van der Waals surface area contributed by atoms with Crippen LogP contribution in [-0.4, -0.2) is 16.8 Å². The van der Waals surface area contributed by atoms with E-state index >= 15 is 0 Å². The van der Waals surface area contributed by atoms with Gasteiger partial charge in [-0.15, -0.1) is 0 Å². The van der Waals surface area contributed by atoms with Gasteiger partial charge >= 0.3 is 0 Å². The largest absolute Gasteiger partial charge is 0.361 e. The number of unbranched alkanes of at least 4 members (excludes halogenated alkanes) is 2. The molecule has 0 atom stereocenters. The molecule has 0 aliphatic rings. The summed E-state index contributed by atoms with van der Waals surface area (Å²) in [5, 5.41) is 7.76. The minimum atomic E-state index is 0.409. The molecule has 0 unspecified atom stereocenters. The fraction of sp³-hybridized carbons (Fsp3) is 0.467. The minimum Gasteiger partial charge on any atom is -0.361 e. The van der Waals surface area contributed by atoms with Crippen molar-refractivity contribution in [1.82, 2.24) is 16.2 Å². The summed E-state index contributed by atoms with van der Waals surface area (Å²) in [6.45, 7) is 7.01. The molecule has 1 aromatic rings. The smallest absolute Gasteiger partial charge is 0.189 e. The van der Waals surface area contributed by atoms with Gasteiger partial charge in [-0.3, -0.25) is 10.9 Å². The third kappa shape index (κ3) is 6.77. The summed E-state index contributed by atoms with van der Waals surface area (Å²) in [4.78, 5) is 0. The number of rotatable bonds is 5. The standard InChI is InChI=1S/C15H23ClN4S2/c1-4-5-6-7-17-14(21)19-20-15(22)18-13-11(3)8-10(2)9-12(13)16/h8-9H,4-7H2,1-3H3,(H2,17,19,21)(H2,18,20,22). The first-order valence-electron chi connectivity index (χ1n) is 7.31. The first-order valence-corrected chi connectivity index (χ1v) is 8.51. The molecule has 0 spiro atoms. The van der Waals surface area contributed by atoms with Crippen molar-refractivity contribution in [1.29, 1.82) is 0 Å². The van der Waals surface area contributed by atoms with Crippen LogP contribution < -0.4 is 21.5 Å². The molecule has 0 aliphatic carbocycles. The van der Waals surface area contributed by atoms with Gasteiger partial charge in [0.2, 0.25) is 0 Å². The quantitative estimate of drug-likeness (QED) is 0.365. The number of thiocarbonyl (C=S) groups is 2. The lowest BCUT2D eigenvalue weighted by atomic mass is 10.1. The molecule has 0 heterocycles. The molecule has 22 heavy (non-hydrogen) atoms.